The number of benzene rings is 1. The van der Waals surface area contributed by atoms with E-state index in [1.54, 1.807) is 21.9 Å². The van der Waals surface area contributed by atoms with Crippen molar-refractivity contribution >= 4 is 17.6 Å². The predicted molar refractivity (Wildman–Crippen MR) is 96.6 cm³/mol. The zero-order valence-corrected chi connectivity index (χ0v) is 15.3. The first-order chi connectivity index (χ1) is 13.1. The monoisotopic (exact) mass is 372 g/mol. The molecule has 27 heavy (non-hydrogen) atoms. The minimum atomic E-state index is -0.655. The second-order valence-corrected chi connectivity index (χ2v) is 7.44. The molecular formula is C20H24N2O5. The van der Waals surface area contributed by atoms with Crippen LogP contribution in [0.2, 0.25) is 0 Å². The molecule has 0 aromatic heterocycles. The van der Waals surface area contributed by atoms with E-state index in [-0.39, 0.29) is 37.0 Å². The number of amides is 2. The Balaban J connectivity index is 1.44. The molecule has 1 aromatic rings. The molecule has 0 bridgehead atoms. The number of hydrogen-bond acceptors (Lipinski definition) is 5. The largest absolute Gasteiger partial charge is 0.486 e. The Morgan fingerprint density at radius 2 is 1.85 bits per heavy atom. The van der Waals surface area contributed by atoms with E-state index in [9.17, 15) is 14.4 Å². The number of hydrogen-bond donors (Lipinski definition) is 0. The fourth-order valence-corrected chi connectivity index (χ4v) is 4.05. The average molecular weight is 372 g/mol. The van der Waals surface area contributed by atoms with Gasteiger partial charge in [0.25, 0.3) is 0 Å². The van der Waals surface area contributed by atoms with Crippen LogP contribution < -0.4 is 4.74 Å². The van der Waals surface area contributed by atoms with Gasteiger partial charge in [-0.05, 0) is 18.6 Å². The summed E-state index contributed by atoms with van der Waals surface area (Å²) < 4.78 is 11.5. The van der Waals surface area contributed by atoms with Crippen molar-refractivity contribution in [2.45, 2.75) is 31.3 Å². The van der Waals surface area contributed by atoms with Crippen LogP contribution >= 0.6 is 0 Å². The second kappa shape index (κ2) is 7.31. The fourth-order valence-electron chi connectivity index (χ4n) is 4.05. The normalized spacial score (nSPS) is 25.8. The standard InChI is InChI=1S/C20H24N2O5/c23-16-13-20(27-17-4-2-1-3-15(16)17)6-5-18(24)22(8-7-20)14-19(25)21-9-11-26-12-10-21/h1-4H,5-14H2/t20-/m0/s1. The zero-order chi connectivity index (χ0) is 18.9. The molecule has 0 unspecified atom stereocenters. The summed E-state index contributed by atoms with van der Waals surface area (Å²) in [6, 6.07) is 7.26. The summed E-state index contributed by atoms with van der Waals surface area (Å²) in [4.78, 5) is 41.0. The van der Waals surface area contributed by atoms with Crippen molar-refractivity contribution in [3.05, 3.63) is 29.8 Å². The molecule has 1 spiro atoms. The van der Waals surface area contributed by atoms with Crippen molar-refractivity contribution in [1.29, 1.82) is 0 Å². The number of ketones is 1. The minimum Gasteiger partial charge on any atom is -0.486 e. The summed E-state index contributed by atoms with van der Waals surface area (Å²) in [5.74, 6) is 0.554. The molecule has 3 heterocycles. The molecule has 2 fully saturated rings. The number of nitrogens with zero attached hydrogens (tertiary/aromatic N) is 2. The van der Waals surface area contributed by atoms with E-state index in [4.69, 9.17) is 9.47 Å². The number of carbonyl (C=O) groups is 3. The summed E-state index contributed by atoms with van der Waals surface area (Å²) in [6.45, 7) is 2.72. The highest BCUT2D eigenvalue weighted by atomic mass is 16.5. The molecule has 0 saturated carbocycles. The lowest BCUT2D eigenvalue weighted by atomic mass is 9.84. The number of carbonyl (C=O) groups excluding carboxylic acids is 3. The molecular weight excluding hydrogens is 348 g/mol. The van der Waals surface area contributed by atoms with E-state index in [2.05, 4.69) is 0 Å². The number of rotatable bonds is 2. The number of para-hydroxylation sites is 1. The summed E-state index contributed by atoms with van der Waals surface area (Å²) >= 11 is 0. The zero-order valence-electron chi connectivity index (χ0n) is 15.3. The smallest absolute Gasteiger partial charge is 0.242 e. The van der Waals surface area contributed by atoms with E-state index in [0.29, 0.717) is 57.0 Å². The summed E-state index contributed by atoms with van der Waals surface area (Å²) in [6.07, 6.45) is 1.61. The number of Topliss-reactive ketones (excluding diaryl/α,β-unsaturated/α-hetero) is 1. The number of morpholine rings is 1. The van der Waals surface area contributed by atoms with Crippen LogP contribution in [0, 0.1) is 0 Å². The average Bonchev–Trinajstić information content (AvgIpc) is 2.83. The lowest BCUT2D eigenvalue weighted by Crippen LogP contribution is -2.47. The predicted octanol–water partition coefficient (Wildman–Crippen LogP) is 1.26. The maximum atomic E-state index is 12.6. The first-order valence-corrected chi connectivity index (χ1v) is 9.51. The highest BCUT2D eigenvalue weighted by Crippen LogP contribution is 2.39. The summed E-state index contributed by atoms with van der Waals surface area (Å²) in [5.41, 5.74) is -0.0456. The molecule has 7 nitrogen and oxygen atoms in total. The van der Waals surface area contributed by atoms with E-state index in [0.717, 1.165) is 0 Å². The van der Waals surface area contributed by atoms with Gasteiger partial charge >= 0.3 is 0 Å². The third-order valence-corrected chi connectivity index (χ3v) is 5.67. The van der Waals surface area contributed by atoms with Gasteiger partial charge in [-0.2, -0.15) is 0 Å². The molecule has 1 aromatic carbocycles. The van der Waals surface area contributed by atoms with E-state index in [1.807, 2.05) is 12.1 Å². The Labute approximate surface area is 158 Å². The Bertz CT molecular complexity index is 758. The molecule has 3 aliphatic rings. The quantitative estimate of drug-likeness (QED) is 0.781. The van der Waals surface area contributed by atoms with Crippen molar-refractivity contribution in [3.8, 4) is 5.75 Å². The molecule has 7 heteroatoms. The molecule has 2 saturated heterocycles. The molecule has 2 amide bonds. The lowest BCUT2D eigenvalue weighted by molar-refractivity contribution is -0.142. The molecule has 144 valence electrons. The Morgan fingerprint density at radius 1 is 1.07 bits per heavy atom. The van der Waals surface area contributed by atoms with Gasteiger partial charge in [0.05, 0.1) is 31.7 Å². The van der Waals surface area contributed by atoms with Crippen molar-refractivity contribution in [2.24, 2.45) is 0 Å². The summed E-state index contributed by atoms with van der Waals surface area (Å²) in [5, 5.41) is 0. The van der Waals surface area contributed by atoms with Crippen LogP contribution in [0.1, 0.15) is 36.0 Å². The van der Waals surface area contributed by atoms with E-state index in [1.165, 1.54) is 0 Å². The number of ether oxygens (including phenoxy) is 2. The Kier molecular flexibility index (Phi) is 4.86. The van der Waals surface area contributed by atoms with Gasteiger partial charge in [-0.3, -0.25) is 14.4 Å². The van der Waals surface area contributed by atoms with Crippen LogP contribution in [0.5, 0.6) is 5.75 Å². The van der Waals surface area contributed by atoms with Gasteiger partial charge in [0, 0.05) is 32.5 Å². The van der Waals surface area contributed by atoms with Gasteiger partial charge in [0.1, 0.15) is 11.4 Å². The van der Waals surface area contributed by atoms with E-state index < -0.39 is 5.60 Å². The van der Waals surface area contributed by atoms with Gasteiger partial charge < -0.3 is 19.3 Å². The SMILES string of the molecule is O=C1C[C@@]2(CCC(=O)N(CC(=O)N3CCOCC3)CC2)Oc2ccccc21. The van der Waals surface area contributed by atoms with Crippen LogP contribution in [0.25, 0.3) is 0 Å². The molecule has 4 rings (SSSR count). The molecule has 3 aliphatic heterocycles. The lowest BCUT2D eigenvalue weighted by Gasteiger charge is -2.37. The van der Waals surface area contributed by atoms with Gasteiger partial charge in [0.2, 0.25) is 11.8 Å². The van der Waals surface area contributed by atoms with Crippen LogP contribution in [-0.4, -0.2) is 72.4 Å². The second-order valence-electron chi connectivity index (χ2n) is 7.44. The van der Waals surface area contributed by atoms with Gasteiger partial charge in [0.15, 0.2) is 5.78 Å². The fraction of sp³-hybridized carbons (Fsp3) is 0.550. The third kappa shape index (κ3) is 3.69. The Hall–Kier alpha value is -2.41. The van der Waals surface area contributed by atoms with Crippen LogP contribution in [0.15, 0.2) is 24.3 Å². The van der Waals surface area contributed by atoms with Gasteiger partial charge in [-0.25, -0.2) is 0 Å². The van der Waals surface area contributed by atoms with Crippen molar-refractivity contribution in [3.63, 3.8) is 0 Å². The number of fused-ring (bicyclic) bond motifs is 1. The molecule has 0 radical (unpaired) electrons. The molecule has 1 atom stereocenters. The van der Waals surface area contributed by atoms with Crippen molar-refractivity contribution in [1.82, 2.24) is 9.80 Å². The topological polar surface area (TPSA) is 76.2 Å². The van der Waals surface area contributed by atoms with Crippen LogP contribution in [-0.2, 0) is 14.3 Å². The third-order valence-electron chi connectivity index (χ3n) is 5.67. The highest BCUT2D eigenvalue weighted by molar-refractivity contribution is 6.00. The minimum absolute atomic E-state index is 0.0476. The van der Waals surface area contributed by atoms with Crippen LogP contribution in [0.3, 0.4) is 0 Å². The van der Waals surface area contributed by atoms with Crippen LogP contribution in [0.4, 0.5) is 0 Å². The Morgan fingerprint density at radius 3 is 2.67 bits per heavy atom. The highest BCUT2D eigenvalue weighted by Gasteiger charge is 2.43. The molecule has 0 N–H and O–H groups in total. The maximum absolute atomic E-state index is 12.6. The first kappa shape index (κ1) is 18.0. The van der Waals surface area contributed by atoms with Crippen molar-refractivity contribution < 1.29 is 23.9 Å². The van der Waals surface area contributed by atoms with Crippen molar-refractivity contribution in [2.75, 3.05) is 39.4 Å². The summed E-state index contributed by atoms with van der Waals surface area (Å²) in [7, 11) is 0. The first-order valence-electron chi connectivity index (χ1n) is 9.51. The maximum Gasteiger partial charge on any atom is 0.242 e. The van der Waals surface area contributed by atoms with E-state index >= 15 is 0 Å². The van der Waals surface area contributed by atoms with Gasteiger partial charge in [-0.15, -0.1) is 0 Å². The number of likely N-dealkylation sites (tertiary alicyclic amines) is 1. The molecule has 0 aliphatic carbocycles. The van der Waals surface area contributed by atoms with Gasteiger partial charge in [-0.1, -0.05) is 12.1 Å².